The van der Waals surface area contributed by atoms with Crippen molar-refractivity contribution in [2.45, 2.75) is 5.88 Å². The molecule has 54 valence electrons. The van der Waals surface area contributed by atoms with Gasteiger partial charge in [-0.2, -0.15) is 0 Å². The van der Waals surface area contributed by atoms with Crippen molar-refractivity contribution in [2.75, 3.05) is 11.5 Å². The summed E-state index contributed by atoms with van der Waals surface area (Å²) in [6.45, 7) is 0. The van der Waals surface area contributed by atoms with Crippen LogP contribution in [0.4, 0.5) is 11.4 Å². The first kappa shape index (κ1) is 7.22. The van der Waals surface area contributed by atoms with Crippen molar-refractivity contribution in [3.63, 3.8) is 0 Å². The fraction of sp³-hybridized carbons (Fsp3) is 0.143. The highest BCUT2D eigenvalue weighted by Crippen LogP contribution is 2.14. The van der Waals surface area contributed by atoms with Crippen LogP contribution in [0, 0.1) is 0 Å². The third kappa shape index (κ3) is 1.54. The lowest BCUT2D eigenvalue weighted by Gasteiger charge is -1.99. The summed E-state index contributed by atoms with van der Waals surface area (Å²) in [7, 11) is 0. The van der Waals surface area contributed by atoms with E-state index >= 15 is 0 Å². The molecule has 0 unspecified atom stereocenters. The molecule has 1 aromatic rings. The highest BCUT2D eigenvalue weighted by Gasteiger charge is 1.93. The molecule has 1 aromatic carbocycles. The van der Waals surface area contributed by atoms with Crippen molar-refractivity contribution in [3.8, 4) is 0 Å². The number of rotatable bonds is 1. The van der Waals surface area contributed by atoms with Crippen LogP contribution in [0.15, 0.2) is 18.2 Å². The summed E-state index contributed by atoms with van der Waals surface area (Å²) < 4.78 is 0. The smallest absolute Gasteiger partial charge is 0.0475 e. The molecule has 0 bridgehead atoms. The predicted molar refractivity (Wildman–Crippen MR) is 44.8 cm³/mol. The summed E-state index contributed by atoms with van der Waals surface area (Å²) in [6.07, 6.45) is 0. The molecule has 3 heteroatoms. The van der Waals surface area contributed by atoms with Crippen molar-refractivity contribution in [1.82, 2.24) is 0 Å². The van der Waals surface area contributed by atoms with E-state index in [-0.39, 0.29) is 0 Å². The van der Waals surface area contributed by atoms with Crippen LogP contribution in [0.3, 0.4) is 0 Å². The highest BCUT2D eigenvalue weighted by molar-refractivity contribution is 6.17. The molecule has 0 amide bonds. The fourth-order valence-corrected chi connectivity index (χ4v) is 0.977. The zero-order valence-corrected chi connectivity index (χ0v) is 6.23. The molecule has 0 fully saturated rings. The van der Waals surface area contributed by atoms with Gasteiger partial charge in [0.25, 0.3) is 0 Å². The number of nitrogen functional groups attached to an aromatic ring is 2. The molecule has 10 heavy (non-hydrogen) atoms. The van der Waals surface area contributed by atoms with Gasteiger partial charge in [-0.3, -0.25) is 0 Å². The normalized spacial score (nSPS) is 9.70. The van der Waals surface area contributed by atoms with E-state index in [0.717, 1.165) is 5.56 Å². The van der Waals surface area contributed by atoms with Crippen LogP contribution in [-0.2, 0) is 5.88 Å². The maximum Gasteiger partial charge on any atom is 0.0475 e. The minimum Gasteiger partial charge on any atom is -0.399 e. The van der Waals surface area contributed by atoms with Crippen molar-refractivity contribution in [2.24, 2.45) is 0 Å². The lowest BCUT2D eigenvalue weighted by atomic mass is 10.2. The van der Waals surface area contributed by atoms with E-state index < -0.39 is 0 Å². The van der Waals surface area contributed by atoms with Crippen molar-refractivity contribution < 1.29 is 0 Å². The second-order valence-electron chi connectivity index (χ2n) is 2.14. The number of hydrogen-bond acceptors (Lipinski definition) is 2. The maximum atomic E-state index is 5.56. The minimum atomic E-state index is 0.454. The Balaban J connectivity index is 3.06. The Morgan fingerprint density at radius 2 is 1.60 bits per heavy atom. The van der Waals surface area contributed by atoms with Gasteiger partial charge in [-0.05, 0) is 23.8 Å². The number of alkyl halides is 1. The molecule has 0 saturated carbocycles. The molecular formula is C7H9ClN2. The van der Waals surface area contributed by atoms with Crippen molar-refractivity contribution in [3.05, 3.63) is 23.8 Å². The predicted octanol–water partition coefficient (Wildman–Crippen LogP) is 1.59. The summed E-state index contributed by atoms with van der Waals surface area (Å²) in [4.78, 5) is 0. The molecule has 0 aliphatic carbocycles. The zero-order valence-electron chi connectivity index (χ0n) is 5.47. The van der Waals surface area contributed by atoms with E-state index in [2.05, 4.69) is 0 Å². The Bertz CT molecular complexity index is 215. The van der Waals surface area contributed by atoms with Gasteiger partial charge in [-0.25, -0.2) is 0 Å². The number of nitrogens with two attached hydrogens (primary N) is 2. The fourth-order valence-electron chi connectivity index (χ4n) is 0.823. The Morgan fingerprint density at radius 3 is 2.00 bits per heavy atom. The first-order valence-corrected chi connectivity index (χ1v) is 3.46. The van der Waals surface area contributed by atoms with Gasteiger partial charge < -0.3 is 11.5 Å². The van der Waals surface area contributed by atoms with Gasteiger partial charge in [0.15, 0.2) is 0 Å². The van der Waals surface area contributed by atoms with Gasteiger partial charge in [-0.1, -0.05) is 0 Å². The summed E-state index contributed by atoms with van der Waals surface area (Å²) in [5, 5.41) is 0. The van der Waals surface area contributed by atoms with E-state index in [0.29, 0.717) is 17.3 Å². The lowest BCUT2D eigenvalue weighted by Crippen LogP contribution is -1.91. The SMILES string of the molecule is Nc1cc(N)cc(CCl)c1. The first-order valence-electron chi connectivity index (χ1n) is 2.93. The second-order valence-corrected chi connectivity index (χ2v) is 2.41. The molecule has 4 N–H and O–H groups in total. The van der Waals surface area contributed by atoms with E-state index in [4.69, 9.17) is 23.1 Å². The maximum absolute atomic E-state index is 5.56. The average molecular weight is 157 g/mol. The van der Waals surface area contributed by atoms with E-state index in [1.165, 1.54) is 0 Å². The summed E-state index contributed by atoms with van der Waals surface area (Å²) in [5.41, 5.74) is 13.3. The standard InChI is InChI=1S/C7H9ClN2/c8-4-5-1-6(9)3-7(10)2-5/h1-3H,4,9-10H2. The lowest BCUT2D eigenvalue weighted by molar-refractivity contribution is 1.41. The van der Waals surface area contributed by atoms with Gasteiger partial charge >= 0.3 is 0 Å². The number of benzene rings is 1. The monoisotopic (exact) mass is 156 g/mol. The number of anilines is 2. The summed E-state index contributed by atoms with van der Waals surface area (Å²) in [6, 6.07) is 5.32. The van der Waals surface area contributed by atoms with E-state index in [9.17, 15) is 0 Å². The van der Waals surface area contributed by atoms with E-state index in [1.54, 1.807) is 6.07 Å². The summed E-state index contributed by atoms with van der Waals surface area (Å²) >= 11 is 5.56. The number of hydrogen-bond donors (Lipinski definition) is 2. The van der Waals surface area contributed by atoms with Gasteiger partial charge in [0, 0.05) is 17.3 Å². The molecule has 0 saturated heterocycles. The highest BCUT2D eigenvalue weighted by atomic mass is 35.5. The van der Waals surface area contributed by atoms with Crippen LogP contribution in [0.25, 0.3) is 0 Å². The van der Waals surface area contributed by atoms with E-state index in [1.807, 2.05) is 12.1 Å². The van der Waals surface area contributed by atoms with Gasteiger partial charge in [0.05, 0.1) is 0 Å². The molecule has 0 aliphatic rings. The Hall–Kier alpha value is -0.890. The second kappa shape index (κ2) is 2.80. The van der Waals surface area contributed by atoms with Crippen LogP contribution in [0.5, 0.6) is 0 Å². The Labute approximate surface area is 64.8 Å². The zero-order chi connectivity index (χ0) is 7.56. The molecule has 0 aromatic heterocycles. The molecule has 2 nitrogen and oxygen atoms in total. The molecule has 1 rings (SSSR count). The van der Waals surface area contributed by atoms with Crippen LogP contribution >= 0.6 is 11.6 Å². The number of halogens is 1. The Morgan fingerprint density at radius 1 is 1.10 bits per heavy atom. The largest absolute Gasteiger partial charge is 0.399 e. The van der Waals surface area contributed by atoms with Crippen molar-refractivity contribution in [1.29, 1.82) is 0 Å². The Kier molecular flexibility index (Phi) is 2.02. The first-order chi connectivity index (χ1) is 4.72. The quantitative estimate of drug-likeness (QED) is 0.479. The van der Waals surface area contributed by atoms with Crippen LogP contribution in [0.1, 0.15) is 5.56 Å². The van der Waals surface area contributed by atoms with Crippen LogP contribution in [-0.4, -0.2) is 0 Å². The molecule has 0 spiro atoms. The van der Waals surface area contributed by atoms with Gasteiger partial charge in [0.2, 0.25) is 0 Å². The van der Waals surface area contributed by atoms with Crippen LogP contribution < -0.4 is 11.5 Å². The third-order valence-electron chi connectivity index (χ3n) is 1.19. The summed E-state index contributed by atoms with van der Waals surface area (Å²) in [5.74, 6) is 0.454. The molecule has 0 heterocycles. The average Bonchev–Trinajstić information content (AvgIpc) is 1.85. The van der Waals surface area contributed by atoms with Gasteiger partial charge in [0.1, 0.15) is 0 Å². The van der Waals surface area contributed by atoms with Crippen molar-refractivity contribution >= 4 is 23.0 Å². The minimum absolute atomic E-state index is 0.454. The third-order valence-corrected chi connectivity index (χ3v) is 1.50. The van der Waals surface area contributed by atoms with Crippen LogP contribution in [0.2, 0.25) is 0 Å². The molecule has 0 atom stereocenters. The molecule has 0 radical (unpaired) electrons. The molecular weight excluding hydrogens is 148 g/mol. The topological polar surface area (TPSA) is 52.0 Å². The molecule has 0 aliphatic heterocycles. The van der Waals surface area contributed by atoms with Gasteiger partial charge in [-0.15, -0.1) is 11.6 Å².